The SMILES string of the molecule is O=C(Nc1cc(C2CCC2)no1)Oc1ccccc1. The van der Waals surface area contributed by atoms with E-state index in [1.54, 1.807) is 30.3 Å². The zero-order valence-electron chi connectivity index (χ0n) is 10.3. The van der Waals surface area contributed by atoms with E-state index in [0.717, 1.165) is 18.5 Å². The van der Waals surface area contributed by atoms with Gasteiger partial charge in [-0.2, -0.15) is 0 Å². The van der Waals surface area contributed by atoms with E-state index >= 15 is 0 Å². The van der Waals surface area contributed by atoms with Gasteiger partial charge in [0.2, 0.25) is 5.88 Å². The highest BCUT2D eigenvalue weighted by Gasteiger charge is 2.23. The van der Waals surface area contributed by atoms with Gasteiger partial charge in [-0.05, 0) is 25.0 Å². The van der Waals surface area contributed by atoms with E-state index in [0.29, 0.717) is 17.6 Å². The fourth-order valence-electron chi connectivity index (χ4n) is 1.97. The van der Waals surface area contributed by atoms with Crippen LogP contribution in [0.4, 0.5) is 10.7 Å². The zero-order chi connectivity index (χ0) is 13.1. The Morgan fingerprint density at radius 1 is 1.32 bits per heavy atom. The predicted octanol–water partition coefficient (Wildman–Crippen LogP) is 3.55. The lowest BCUT2D eigenvalue weighted by Gasteiger charge is -2.22. The molecule has 5 heteroatoms. The van der Waals surface area contributed by atoms with Gasteiger partial charge >= 0.3 is 6.09 Å². The summed E-state index contributed by atoms with van der Waals surface area (Å²) in [5.74, 6) is 1.28. The van der Waals surface area contributed by atoms with E-state index in [9.17, 15) is 4.79 Å². The molecule has 0 atom stereocenters. The normalized spacial score (nSPS) is 14.7. The largest absolute Gasteiger partial charge is 0.419 e. The summed E-state index contributed by atoms with van der Waals surface area (Å²) in [4.78, 5) is 11.6. The molecule has 1 aliphatic rings. The Bertz CT molecular complexity index is 561. The van der Waals surface area contributed by atoms with Crippen molar-refractivity contribution in [2.75, 3.05) is 5.32 Å². The van der Waals surface area contributed by atoms with Gasteiger partial charge in [-0.15, -0.1) is 0 Å². The summed E-state index contributed by atoms with van der Waals surface area (Å²) < 4.78 is 10.2. The minimum atomic E-state index is -0.581. The summed E-state index contributed by atoms with van der Waals surface area (Å²) >= 11 is 0. The van der Waals surface area contributed by atoms with Crippen LogP contribution < -0.4 is 10.1 Å². The first-order chi connectivity index (χ1) is 9.31. The highest BCUT2D eigenvalue weighted by molar-refractivity contribution is 5.84. The smallest absolute Gasteiger partial charge is 0.410 e. The Balaban J connectivity index is 1.58. The van der Waals surface area contributed by atoms with Gasteiger partial charge in [0.25, 0.3) is 0 Å². The number of aromatic nitrogens is 1. The first kappa shape index (κ1) is 11.8. The second-order valence-corrected chi connectivity index (χ2v) is 4.57. The Morgan fingerprint density at radius 2 is 2.11 bits per heavy atom. The number of ether oxygens (including phenoxy) is 1. The lowest BCUT2D eigenvalue weighted by molar-refractivity contribution is 0.214. The van der Waals surface area contributed by atoms with Crippen molar-refractivity contribution in [2.24, 2.45) is 0 Å². The zero-order valence-corrected chi connectivity index (χ0v) is 10.3. The molecule has 0 aliphatic heterocycles. The third kappa shape index (κ3) is 2.76. The molecular weight excluding hydrogens is 244 g/mol. The van der Waals surface area contributed by atoms with E-state index in [-0.39, 0.29) is 0 Å². The number of para-hydroxylation sites is 1. The Hall–Kier alpha value is -2.30. The lowest BCUT2D eigenvalue weighted by atomic mass is 9.83. The molecule has 0 radical (unpaired) electrons. The van der Waals surface area contributed by atoms with Crippen LogP contribution in [0.25, 0.3) is 0 Å². The van der Waals surface area contributed by atoms with Crippen molar-refractivity contribution in [1.29, 1.82) is 0 Å². The Morgan fingerprint density at radius 3 is 2.79 bits per heavy atom. The molecule has 0 bridgehead atoms. The van der Waals surface area contributed by atoms with Crippen molar-refractivity contribution < 1.29 is 14.1 Å². The molecule has 0 unspecified atom stereocenters. The van der Waals surface area contributed by atoms with Gasteiger partial charge in [0.1, 0.15) is 5.75 Å². The van der Waals surface area contributed by atoms with Crippen molar-refractivity contribution in [3.05, 3.63) is 42.1 Å². The maximum Gasteiger partial charge on any atom is 0.419 e. The summed E-state index contributed by atoms with van der Waals surface area (Å²) in [5, 5.41) is 6.48. The number of rotatable bonds is 3. The van der Waals surface area contributed by atoms with Gasteiger partial charge in [-0.3, -0.25) is 5.32 Å². The third-order valence-corrected chi connectivity index (χ3v) is 3.23. The number of carbonyl (C=O) groups is 1. The molecule has 2 aromatic rings. The molecule has 1 aromatic carbocycles. The first-order valence-electron chi connectivity index (χ1n) is 6.32. The average Bonchev–Trinajstić information content (AvgIpc) is 2.76. The van der Waals surface area contributed by atoms with Crippen molar-refractivity contribution in [1.82, 2.24) is 5.16 Å². The van der Waals surface area contributed by atoms with Crippen molar-refractivity contribution in [3.8, 4) is 5.75 Å². The number of nitrogens with zero attached hydrogens (tertiary/aromatic N) is 1. The molecule has 19 heavy (non-hydrogen) atoms. The van der Waals surface area contributed by atoms with E-state index in [1.165, 1.54) is 6.42 Å². The monoisotopic (exact) mass is 258 g/mol. The highest BCUT2D eigenvalue weighted by Crippen LogP contribution is 2.36. The first-order valence-corrected chi connectivity index (χ1v) is 6.32. The molecule has 5 nitrogen and oxygen atoms in total. The van der Waals surface area contributed by atoms with Crippen LogP contribution >= 0.6 is 0 Å². The van der Waals surface area contributed by atoms with Gasteiger partial charge in [-0.1, -0.05) is 29.8 Å². The standard InChI is InChI=1S/C14H14N2O3/c17-14(18-11-7-2-1-3-8-11)15-13-9-12(16-19-13)10-5-4-6-10/h1-3,7-10H,4-6H2,(H,15,17). The minimum absolute atomic E-state index is 0.322. The van der Waals surface area contributed by atoms with Crippen LogP contribution in [0.1, 0.15) is 30.9 Å². The number of amides is 1. The van der Waals surface area contributed by atoms with Crippen LogP contribution in [0.3, 0.4) is 0 Å². The highest BCUT2D eigenvalue weighted by atomic mass is 16.6. The van der Waals surface area contributed by atoms with Crippen molar-refractivity contribution >= 4 is 12.0 Å². The molecule has 3 rings (SSSR count). The van der Waals surface area contributed by atoms with Crippen molar-refractivity contribution in [2.45, 2.75) is 25.2 Å². The number of nitrogens with one attached hydrogen (secondary N) is 1. The molecule has 0 spiro atoms. The summed E-state index contributed by atoms with van der Waals surface area (Å²) in [6.07, 6.45) is 2.93. The summed E-state index contributed by atoms with van der Waals surface area (Å²) in [6.45, 7) is 0. The third-order valence-electron chi connectivity index (χ3n) is 3.23. The maximum absolute atomic E-state index is 11.6. The molecule has 1 aromatic heterocycles. The van der Waals surface area contributed by atoms with E-state index < -0.39 is 6.09 Å². The Labute approximate surface area is 110 Å². The molecule has 1 heterocycles. The van der Waals surface area contributed by atoms with Crippen LogP contribution in [0.2, 0.25) is 0 Å². The van der Waals surface area contributed by atoms with Gasteiger partial charge < -0.3 is 9.26 Å². The van der Waals surface area contributed by atoms with Crippen LogP contribution in [-0.2, 0) is 0 Å². The van der Waals surface area contributed by atoms with Crippen LogP contribution in [0.15, 0.2) is 40.9 Å². The molecule has 1 aliphatic carbocycles. The van der Waals surface area contributed by atoms with Gasteiger partial charge in [0.05, 0.1) is 5.69 Å². The second kappa shape index (κ2) is 5.14. The van der Waals surface area contributed by atoms with Crippen LogP contribution in [-0.4, -0.2) is 11.2 Å². The fraction of sp³-hybridized carbons (Fsp3) is 0.286. The van der Waals surface area contributed by atoms with Gasteiger partial charge in [0, 0.05) is 12.0 Å². The number of benzene rings is 1. The molecule has 1 fully saturated rings. The number of anilines is 1. The second-order valence-electron chi connectivity index (χ2n) is 4.57. The van der Waals surface area contributed by atoms with E-state index in [4.69, 9.17) is 9.26 Å². The minimum Gasteiger partial charge on any atom is -0.410 e. The van der Waals surface area contributed by atoms with Crippen LogP contribution in [0, 0.1) is 0 Å². The summed E-state index contributed by atoms with van der Waals surface area (Å²) in [5.41, 5.74) is 0.904. The molecule has 1 N–H and O–H groups in total. The number of carbonyl (C=O) groups excluding carboxylic acids is 1. The quantitative estimate of drug-likeness (QED) is 0.914. The fourth-order valence-corrected chi connectivity index (χ4v) is 1.97. The predicted molar refractivity (Wildman–Crippen MR) is 69.2 cm³/mol. The molecule has 0 saturated heterocycles. The Kier molecular flexibility index (Phi) is 3.18. The van der Waals surface area contributed by atoms with Crippen molar-refractivity contribution in [3.63, 3.8) is 0 Å². The molecule has 98 valence electrons. The number of hydrogen-bond acceptors (Lipinski definition) is 4. The topological polar surface area (TPSA) is 64.4 Å². The van der Waals surface area contributed by atoms with Crippen LogP contribution in [0.5, 0.6) is 5.75 Å². The summed E-state index contributed by atoms with van der Waals surface area (Å²) in [7, 11) is 0. The summed E-state index contributed by atoms with van der Waals surface area (Å²) in [6, 6.07) is 10.6. The number of hydrogen-bond donors (Lipinski definition) is 1. The molecule has 1 saturated carbocycles. The lowest BCUT2D eigenvalue weighted by Crippen LogP contribution is -2.16. The molecular formula is C14H14N2O3. The van der Waals surface area contributed by atoms with E-state index in [1.807, 2.05) is 6.07 Å². The average molecular weight is 258 g/mol. The van der Waals surface area contributed by atoms with Gasteiger partial charge in [-0.25, -0.2) is 4.79 Å². The maximum atomic E-state index is 11.6. The van der Waals surface area contributed by atoms with Gasteiger partial charge in [0.15, 0.2) is 0 Å². The van der Waals surface area contributed by atoms with E-state index in [2.05, 4.69) is 10.5 Å². The molecule has 1 amide bonds.